The van der Waals surface area contributed by atoms with Crippen molar-refractivity contribution in [3.63, 3.8) is 0 Å². The molecule has 3 aromatic rings. The van der Waals surface area contributed by atoms with Gasteiger partial charge in [-0.2, -0.15) is 18.2 Å². The van der Waals surface area contributed by atoms with Crippen molar-refractivity contribution in [2.75, 3.05) is 0 Å². The van der Waals surface area contributed by atoms with Crippen molar-refractivity contribution in [1.82, 2.24) is 25.1 Å². The molecule has 1 saturated carbocycles. The molecule has 1 aliphatic carbocycles. The summed E-state index contributed by atoms with van der Waals surface area (Å²) in [5.74, 6) is 0.673. The third-order valence-electron chi connectivity index (χ3n) is 5.24. The SMILES string of the molecule is Cn1nncc1-c1nc(C2(c3cccc(C(F)(F)F)c3)CCCCC2)no1. The molecule has 2 heterocycles. The fourth-order valence-corrected chi connectivity index (χ4v) is 3.80. The molecule has 6 nitrogen and oxygen atoms in total. The minimum Gasteiger partial charge on any atom is -0.332 e. The summed E-state index contributed by atoms with van der Waals surface area (Å²) < 4.78 is 46.6. The van der Waals surface area contributed by atoms with Crippen LogP contribution in [0.4, 0.5) is 13.2 Å². The second-order valence-corrected chi connectivity index (χ2v) is 6.89. The lowest BCUT2D eigenvalue weighted by Gasteiger charge is -2.35. The van der Waals surface area contributed by atoms with Gasteiger partial charge in [-0.3, -0.25) is 0 Å². The van der Waals surface area contributed by atoms with Gasteiger partial charge in [-0.15, -0.1) is 5.10 Å². The topological polar surface area (TPSA) is 69.6 Å². The second kappa shape index (κ2) is 6.47. The quantitative estimate of drug-likeness (QED) is 0.686. The Bertz CT molecular complexity index is 940. The van der Waals surface area contributed by atoms with Gasteiger partial charge >= 0.3 is 6.18 Å². The minimum absolute atomic E-state index is 0.259. The maximum absolute atomic E-state index is 13.2. The first-order chi connectivity index (χ1) is 12.9. The molecule has 27 heavy (non-hydrogen) atoms. The summed E-state index contributed by atoms with van der Waals surface area (Å²) in [7, 11) is 1.70. The minimum atomic E-state index is -4.39. The van der Waals surface area contributed by atoms with Crippen LogP contribution in [0.25, 0.3) is 11.6 Å². The molecule has 1 aliphatic rings. The Morgan fingerprint density at radius 2 is 1.93 bits per heavy atom. The average molecular weight is 377 g/mol. The molecule has 1 aromatic carbocycles. The standard InChI is InChI=1S/C18H18F3N5O/c1-26-14(11-22-25-26)15-23-16(24-27-15)17(8-3-2-4-9-17)12-6-5-7-13(10-12)18(19,20)21/h5-7,10-11H,2-4,8-9H2,1H3. The first kappa shape index (κ1) is 17.7. The normalized spacial score (nSPS) is 17.2. The van der Waals surface area contributed by atoms with Gasteiger partial charge in [0.15, 0.2) is 5.82 Å². The van der Waals surface area contributed by atoms with Gasteiger partial charge in [0.2, 0.25) is 0 Å². The number of halogens is 3. The molecule has 0 unspecified atom stereocenters. The van der Waals surface area contributed by atoms with E-state index in [9.17, 15) is 13.2 Å². The van der Waals surface area contributed by atoms with E-state index in [-0.39, 0.29) is 5.89 Å². The largest absolute Gasteiger partial charge is 0.416 e. The van der Waals surface area contributed by atoms with E-state index >= 15 is 0 Å². The number of hydrogen-bond donors (Lipinski definition) is 0. The number of rotatable bonds is 3. The maximum Gasteiger partial charge on any atom is 0.416 e. The molecule has 0 atom stereocenters. The Morgan fingerprint density at radius 1 is 1.15 bits per heavy atom. The van der Waals surface area contributed by atoms with E-state index in [0.29, 0.717) is 29.9 Å². The van der Waals surface area contributed by atoms with Crippen molar-refractivity contribution in [3.05, 3.63) is 47.4 Å². The molecule has 0 amide bonds. The van der Waals surface area contributed by atoms with Crippen LogP contribution in [0.5, 0.6) is 0 Å². The van der Waals surface area contributed by atoms with Crippen LogP contribution in [-0.2, 0) is 18.6 Å². The molecule has 4 rings (SSSR count). The van der Waals surface area contributed by atoms with E-state index in [1.165, 1.54) is 23.0 Å². The van der Waals surface area contributed by atoms with Crippen LogP contribution in [0, 0.1) is 0 Å². The highest BCUT2D eigenvalue weighted by Crippen LogP contribution is 2.45. The second-order valence-electron chi connectivity index (χ2n) is 6.89. The van der Waals surface area contributed by atoms with Crippen molar-refractivity contribution >= 4 is 0 Å². The molecular weight excluding hydrogens is 359 g/mol. The van der Waals surface area contributed by atoms with Gasteiger partial charge in [0.25, 0.3) is 5.89 Å². The van der Waals surface area contributed by atoms with Crippen LogP contribution in [0.2, 0.25) is 0 Å². The molecule has 0 spiro atoms. The number of alkyl halides is 3. The van der Waals surface area contributed by atoms with Crippen LogP contribution in [0.15, 0.2) is 35.0 Å². The van der Waals surface area contributed by atoms with Crippen molar-refractivity contribution in [3.8, 4) is 11.6 Å². The molecule has 0 N–H and O–H groups in total. The lowest BCUT2D eigenvalue weighted by molar-refractivity contribution is -0.137. The number of aryl methyl sites for hydroxylation is 1. The van der Waals surface area contributed by atoms with E-state index in [1.807, 2.05) is 0 Å². The van der Waals surface area contributed by atoms with Crippen molar-refractivity contribution < 1.29 is 17.7 Å². The summed E-state index contributed by atoms with van der Waals surface area (Å²) in [5.41, 5.74) is -0.214. The third-order valence-corrected chi connectivity index (χ3v) is 5.24. The zero-order valence-electron chi connectivity index (χ0n) is 14.7. The van der Waals surface area contributed by atoms with Gasteiger partial charge in [0, 0.05) is 7.05 Å². The summed E-state index contributed by atoms with van der Waals surface area (Å²) in [4.78, 5) is 4.52. The van der Waals surface area contributed by atoms with E-state index in [4.69, 9.17) is 4.52 Å². The van der Waals surface area contributed by atoms with E-state index < -0.39 is 17.2 Å². The Hall–Kier alpha value is -2.71. The smallest absolute Gasteiger partial charge is 0.332 e. The van der Waals surface area contributed by atoms with Crippen LogP contribution >= 0.6 is 0 Å². The Morgan fingerprint density at radius 3 is 2.59 bits per heavy atom. The monoisotopic (exact) mass is 377 g/mol. The molecule has 0 radical (unpaired) electrons. The maximum atomic E-state index is 13.2. The van der Waals surface area contributed by atoms with Crippen molar-refractivity contribution in [2.24, 2.45) is 7.05 Å². The summed E-state index contributed by atoms with van der Waals surface area (Å²) in [6, 6.07) is 5.47. The van der Waals surface area contributed by atoms with Gasteiger partial charge in [0.05, 0.1) is 17.2 Å². The molecule has 9 heteroatoms. The fourth-order valence-electron chi connectivity index (χ4n) is 3.80. The van der Waals surface area contributed by atoms with Crippen LogP contribution in [0.1, 0.15) is 49.1 Å². The molecule has 0 bridgehead atoms. The van der Waals surface area contributed by atoms with E-state index in [2.05, 4.69) is 20.5 Å². The van der Waals surface area contributed by atoms with Gasteiger partial charge < -0.3 is 4.52 Å². The Labute approximate surface area is 153 Å². The van der Waals surface area contributed by atoms with Crippen LogP contribution < -0.4 is 0 Å². The van der Waals surface area contributed by atoms with Crippen molar-refractivity contribution in [2.45, 2.75) is 43.7 Å². The van der Waals surface area contributed by atoms with Crippen LogP contribution in [0.3, 0.4) is 0 Å². The Kier molecular flexibility index (Phi) is 4.24. The highest BCUT2D eigenvalue weighted by Gasteiger charge is 2.42. The summed E-state index contributed by atoms with van der Waals surface area (Å²) in [6.45, 7) is 0. The fraction of sp³-hybridized carbons (Fsp3) is 0.444. The lowest BCUT2D eigenvalue weighted by atomic mass is 9.68. The highest BCUT2D eigenvalue weighted by molar-refractivity contribution is 5.46. The Balaban J connectivity index is 1.80. The zero-order chi connectivity index (χ0) is 19.1. The number of aromatic nitrogens is 5. The predicted molar refractivity (Wildman–Crippen MR) is 89.6 cm³/mol. The molecular formula is C18H18F3N5O. The molecule has 0 aliphatic heterocycles. The van der Waals surface area contributed by atoms with Gasteiger partial charge in [-0.25, -0.2) is 4.68 Å². The first-order valence-corrected chi connectivity index (χ1v) is 8.77. The van der Waals surface area contributed by atoms with E-state index in [0.717, 1.165) is 25.3 Å². The number of nitrogens with zero attached hydrogens (tertiary/aromatic N) is 5. The number of benzene rings is 1. The highest BCUT2D eigenvalue weighted by atomic mass is 19.4. The lowest BCUT2D eigenvalue weighted by Crippen LogP contribution is -2.32. The molecule has 142 valence electrons. The van der Waals surface area contributed by atoms with E-state index in [1.54, 1.807) is 13.1 Å². The predicted octanol–water partition coefficient (Wildman–Crippen LogP) is 4.13. The summed E-state index contributed by atoms with van der Waals surface area (Å²) in [5, 5.41) is 11.8. The molecule has 1 fully saturated rings. The van der Waals surface area contributed by atoms with Crippen molar-refractivity contribution in [1.29, 1.82) is 0 Å². The summed E-state index contributed by atoms with van der Waals surface area (Å²) in [6.07, 6.45) is 1.30. The molecule has 2 aromatic heterocycles. The molecule has 0 saturated heterocycles. The first-order valence-electron chi connectivity index (χ1n) is 8.77. The zero-order valence-corrected chi connectivity index (χ0v) is 14.7. The number of hydrogen-bond acceptors (Lipinski definition) is 5. The van der Waals surface area contributed by atoms with Gasteiger partial charge in [-0.1, -0.05) is 47.8 Å². The van der Waals surface area contributed by atoms with Gasteiger partial charge in [0.1, 0.15) is 5.69 Å². The van der Waals surface area contributed by atoms with Crippen LogP contribution in [-0.4, -0.2) is 25.1 Å². The van der Waals surface area contributed by atoms with Gasteiger partial charge in [-0.05, 0) is 24.5 Å². The summed E-state index contributed by atoms with van der Waals surface area (Å²) >= 11 is 0. The average Bonchev–Trinajstić information content (AvgIpc) is 3.31. The third kappa shape index (κ3) is 3.11.